The molecule has 0 spiro atoms. The molecule has 0 aromatic heterocycles. The van der Waals surface area contributed by atoms with Crippen molar-refractivity contribution >= 4 is 11.5 Å². The molecule has 1 N–H and O–H groups in total. The maximum atomic E-state index is 12.4. The van der Waals surface area contributed by atoms with E-state index in [1.807, 2.05) is 6.08 Å². The number of rotatable bonds is 3. The molecule has 0 amide bonds. The van der Waals surface area contributed by atoms with Gasteiger partial charge in [0.25, 0.3) is 5.69 Å². The second-order valence-corrected chi connectivity index (χ2v) is 5.21. The highest BCUT2D eigenvalue weighted by Crippen LogP contribution is 2.45. The summed E-state index contributed by atoms with van der Waals surface area (Å²) in [5.74, 6) is 0.152. The van der Waals surface area contributed by atoms with Crippen molar-refractivity contribution in [3.63, 3.8) is 0 Å². The van der Waals surface area contributed by atoms with Gasteiger partial charge < -0.3 is 5.11 Å². The van der Waals surface area contributed by atoms with Crippen LogP contribution in [0, 0.1) is 27.9 Å². The van der Waals surface area contributed by atoms with Crippen LogP contribution in [-0.4, -0.2) is 15.8 Å². The van der Waals surface area contributed by atoms with Crippen LogP contribution in [0.1, 0.15) is 23.2 Å². The summed E-state index contributed by atoms with van der Waals surface area (Å²) in [5.41, 5.74) is -0.0972. The average Bonchev–Trinajstić information content (AvgIpc) is 3.00. The molecule has 3 atom stereocenters. The lowest BCUT2D eigenvalue weighted by Gasteiger charge is -2.17. The van der Waals surface area contributed by atoms with Gasteiger partial charge in [-0.2, -0.15) is 0 Å². The van der Waals surface area contributed by atoms with Crippen LogP contribution in [0.15, 0.2) is 30.4 Å². The molecule has 2 aliphatic carbocycles. The Hall–Kier alpha value is -2.17. The Balaban J connectivity index is 1.93. The van der Waals surface area contributed by atoms with E-state index < -0.39 is 4.92 Å². The number of fused-ring (bicyclic) bond motifs is 2. The van der Waals surface area contributed by atoms with Crippen LogP contribution in [0.4, 0.5) is 5.69 Å². The molecule has 98 valence electrons. The minimum Gasteiger partial charge on any atom is -0.507 e. The van der Waals surface area contributed by atoms with Crippen molar-refractivity contribution in [2.45, 2.75) is 12.8 Å². The Bertz CT molecular complexity index is 593. The van der Waals surface area contributed by atoms with Crippen molar-refractivity contribution in [2.24, 2.45) is 17.8 Å². The van der Waals surface area contributed by atoms with Gasteiger partial charge in [0.15, 0.2) is 5.78 Å². The Morgan fingerprint density at radius 1 is 1.32 bits per heavy atom. The van der Waals surface area contributed by atoms with Crippen LogP contribution in [0.25, 0.3) is 0 Å². The lowest BCUT2D eigenvalue weighted by atomic mass is 9.86. The van der Waals surface area contributed by atoms with Gasteiger partial charge >= 0.3 is 0 Å². The van der Waals surface area contributed by atoms with Crippen LogP contribution in [0.5, 0.6) is 5.75 Å². The third-order valence-electron chi connectivity index (χ3n) is 4.07. The average molecular weight is 259 g/mol. The summed E-state index contributed by atoms with van der Waals surface area (Å²) in [6.07, 6.45) is 5.93. The van der Waals surface area contributed by atoms with E-state index in [9.17, 15) is 20.0 Å². The van der Waals surface area contributed by atoms with Crippen LogP contribution >= 0.6 is 0 Å². The van der Waals surface area contributed by atoms with Gasteiger partial charge in [0.1, 0.15) is 5.75 Å². The normalized spacial score (nSPS) is 27.7. The van der Waals surface area contributed by atoms with Gasteiger partial charge in [0.05, 0.1) is 10.5 Å². The minimum absolute atomic E-state index is 0.0696. The number of carbonyl (C=O) groups excluding carboxylic acids is 1. The quantitative estimate of drug-likeness (QED) is 0.391. The van der Waals surface area contributed by atoms with E-state index in [2.05, 4.69) is 6.08 Å². The first kappa shape index (κ1) is 11.9. The molecule has 2 aliphatic rings. The number of hydrogen-bond acceptors (Lipinski definition) is 4. The van der Waals surface area contributed by atoms with Crippen LogP contribution in [0.3, 0.4) is 0 Å². The van der Waals surface area contributed by atoms with E-state index in [-0.39, 0.29) is 34.6 Å². The topological polar surface area (TPSA) is 80.4 Å². The molecular weight excluding hydrogens is 246 g/mol. The number of allylic oxidation sites excluding steroid dienone is 2. The standard InChI is InChI=1S/C14H13NO4/c16-13-4-3-10(15(18)19)7-12(13)14(17)11-6-8-1-2-9(11)5-8/h1-4,7-9,11,16H,5-6H2. The number of benzene rings is 1. The van der Waals surface area contributed by atoms with Crippen molar-refractivity contribution in [3.05, 3.63) is 46.0 Å². The lowest BCUT2D eigenvalue weighted by Crippen LogP contribution is -2.19. The first-order chi connectivity index (χ1) is 9.06. The molecule has 1 saturated carbocycles. The maximum Gasteiger partial charge on any atom is 0.270 e. The molecule has 0 heterocycles. The van der Waals surface area contributed by atoms with Crippen LogP contribution in [0.2, 0.25) is 0 Å². The van der Waals surface area contributed by atoms with Gasteiger partial charge in [0, 0.05) is 18.1 Å². The number of aromatic hydroxyl groups is 1. The highest BCUT2D eigenvalue weighted by atomic mass is 16.6. The van der Waals surface area contributed by atoms with Gasteiger partial charge in [-0.3, -0.25) is 14.9 Å². The smallest absolute Gasteiger partial charge is 0.270 e. The van der Waals surface area contributed by atoms with Crippen LogP contribution < -0.4 is 0 Å². The van der Waals surface area contributed by atoms with Crippen molar-refractivity contribution in [1.82, 2.24) is 0 Å². The summed E-state index contributed by atoms with van der Waals surface area (Å²) in [5, 5.41) is 20.5. The second-order valence-electron chi connectivity index (χ2n) is 5.21. The summed E-state index contributed by atoms with van der Waals surface area (Å²) >= 11 is 0. The first-order valence-electron chi connectivity index (χ1n) is 6.26. The summed E-state index contributed by atoms with van der Waals surface area (Å²) < 4.78 is 0. The molecule has 0 aliphatic heterocycles. The zero-order valence-corrected chi connectivity index (χ0v) is 10.2. The monoisotopic (exact) mass is 259 g/mol. The highest BCUT2D eigenvalue weighted by molar-refractivity contribution is 6.01. The number of ketones is 1. The van der Waals surface area contributed by atoms with E-state index in [0.717, 1.165) is 12.8 Å². The van der Waals surface area contributed by atoms with Gasteiger partial charge in [-0.1, -0.05) is 12.2 Å². The summed E-state index contributed by atoms with van der Waals surface area (Å²) in [4.78, 5) is 22.6. The Kier molecular flexibility index (Phi) is 2.62. The molecule has 0 saturated heterocycles. The summed E-state index contributed by atoms with van der Waals surface area (Å²) in [7, 11) is 0. The van der Waals surface area contributed by atoms with Crippen molar-refractivity contribution in [2.75, 3.05) is 0 Å². The fraction of sp³-hybridized carbons (Fsp3) is 0.357. The summed E-state index contributed by atoms with van der Waals surface area (Å²) in [6.45, 7) is 0. The zero-order valence-electron chi connectivity index (χ0n) is 10.2. The predicted octanol–water partition coefficient (Wildman–Crippen LogP) is 2.70. The molecule has 0 radical (unpaired) electrons. The zero-order chi connectivity index (χ0) is 13.6. The number of nitro groups is 1. The molecule has 5 heteroatoms. The number of Topliss-reactive ketones (excluding diaryl/α,β-unsaturated/α-hetero) is 1. The van der Waals surface area contributed by atoms with Gasteiger partial charge in [-0.05, 0) is 30.7 Å². The minimum atomic E-state index is -0.559. The molecule has 1 aromatic rings. The Morgan fingerprint density at radius 2 is 2.11 bits per heavy atom. The second kappa shape index (κ2) is 4.19. The largest absolute Gasteiger partial charge is 0.507 e. The van der Waals surface area contributed by atoms with Gasteiger partial charge in [0.2, 0.25) is 0 Å². The van der Waals surface area contributed by atoms with Crippen molar-refractivity contribution in [3.8, 4) is 5.75 Å². The van der Waals surface area contributed by atoms with E-state index in [1.165, 1.54) is 18.2 Å². The fourth-order valence-electron chi connectivity index (χ4n) is 3.12. The number of carbonyl (C=O) groups is 1. The summed E-state index contributed by atoms with van der Waals surface area (Å²) in [6, 6.07) is 3.59. The number of phenols is 1. The third kappa shape index (κ3) is 1.91. The third-order valence-corrected chi connectivity index (χ3v) is 4.07. The Morgan fingerprint density at radius 3 is 2.68 bits per heavy atom. The van der Waals surface area contributed by atoms with Gasteiger partial charge in [-0.15, -0.1) is 0 Å². The predicted molar refractivity (Wildman–Crippen MR) is 67.9 cm³/mol. The van der Waals surface area contributed by atoms with E-state index in [4.69, 9.17) is 0 Å². The molecule has 1 aromatic carbocycles. The molecular formula is C14H13NO4. The van der Waals surface area contributed by atoms with E-state index >= 15 is 0 Å². The van der Waals surface area contributed by atoms with Crippen LogP contribution in [-0.2, 0) is 0 Å². The van der Waals surface area contributed by atoms with E-state index in [0.29, 0.717) is 5.92 Å². The molecule has 19 heavy (non-hydrogen) atoms. The Labute approximate surface area is 109 Å². The number of non-ortho nitro benzene ring substituents is 1. The van der Waals surface area contributed by atoms with Crippen molar-refractivity contribution in [1.29, 1.82) is 0 Å². The first-order valence-corrected chi connectivity index (χ1v) is 6.26. The van der Waals surface area contributed by atoms with Gasteiger partial charge in [-0.25, -0.2) is 0 Å². The van der Waals surface area contributed by atoms with Crippen molar-refractivity contribution < 1.29 is 14.8 Å². The van der Waals surface area contributed by atoms with E-state index in [1.54, 1.807) is 0 Å². The number of phenolic OH excluding ortho intramolecular Hbond substituents is 1. The number of nitro benzene ring substituents is 1. The molecule has 5 nitrogen and oxygen atoms in total. The molecule has 3 unspecified atom stereocenters. The molecule has 2 bridgehead atoms. The molecule has 1 fully saturated rings. The SMILES string of the molecule is O=C(c1cc([N+](=O)[O-])ccc1O)C1CC2C=CC1C2. The lowest BCUT2D eigenvalue weighted by molar-refractivity contribution is -0.384. The molecule has 3 rings (SSSR count). The number of nitrogens with zero attached hydrogens (tertiary/aromatic N) is 1. The highest BCUT2D eigenvalue weighted by Gasteiger charge is 2.40. The number of hydrogen-bond donors (Lipinski definition) is 1. The fourth-order valence-corrected chi connectivity index (χ4v) is 3.12. The maximum absolute atomic E-state index is 12.4.